The summed E-state index contributed by atoms with van der Waals surface area (Å²) in [6.45, 7) is 5.20. The molecule has 4 rings (SSSR count). The van der Waals surface area contributed by atoms with Gasteiger partial charge in [0.2, 0.25) is 5.88 Å². The van der Waals surface area contributed by atoms with Gasteiger partial charge >= 0.3 is 0 Å². The second kappa shape index (κ2) is 11.1. The molecule has 1 aromatic heterocycles. The van der Waals surface area contributed by atoms with Crippen molar-refractivity contribution in [3.8, 4) is 17.0 Å². The number of hydrogen-bond acceptors (Lipinski definition) is 5. The average molecular weight is 496 g/mol. The van der Waals surface area contributed by atoms with Crippen LogP contribution < -0.4 is 4.74 Å². The van der Waals surface area contributed by atoms with E-state index in [1.807, 2.05) is 14.0 Å². The number of benzene rings is 2. The highest BCUT2D eigenvalue weighted by Crippen LogP contribution is 2.30. The van der Waals surface area contributed by atoms with E-state index in [9.17, 15) is 18.7 Å². The summed E-state index contributed by atoms with van der Waals surface area (Å²) in [6.07, 6.45) is 1.32. The highest BCUT2D eigenvalue weighted by Gasteiger charge is 2.34. The monoisotopic (exact) mass is 495 g/mol. The van der Waals surface area contributed by atoms with E-state index in [2.05, 4.69) is 9.88 Å². The first-order valence-corrected chi connectivity index (χ1v) is 12.0. The third-order valence-electron chi connectivity index (χ3n) is 6.56. The van der Waals surface area contributed by atoms with Crippen LogP contribution in [0, 0.1) is 17.6 Å². The molecule has 190 valence electrons. The fraction of sp³-hybridized carbons (Fsp3) is 0.357. The minimum atomic E-state index is -0.391. The molecule has 0 aliphatic carbocycles. The number of ether oxygens (including phenoxy) is 1. The Kier molecular flexibility index (Phi) is 7.96. The largest absolute Gasteiger partial charge is 0.472 e. The summed E-state index contributed by atoms with van der Waals surface area (Å²) >= 11 is 0. The topological polar surface area (TPSA) is 65.9 Å². The summed E-state index contributed by atoms with van der Waals surface area (Å²) in [5, 5.41) is 9.84. The number of aliphatic hydroxyl groups is 1. The van der Waals surface area contributed by atoms with E-state index in [-0.39, 0.29) is 42.1 Å². The van der Waals surface area contributed by atoms with E-state index >= 15 is 0 Å². The lowest BCUT2D eigenvalue weighted by atomic mass is 9.99. The van der Waals surface area contributed by atoms with Crippen molar-refractivity contribution in [2.45, 2.75) is 32.5 Å². The second-order valence-electron chi connectivity index (χ2n) is 9.53. The minimum Gasteiger partial charge on any atom is -0.472 e. The van der Waals surface area contributed by atoms with E-state index < -0.39 is 6.04 Å². The Bertz CT molecular complexity index is 1190. The van der Waals surface area contributed by atoms with Crippen LogP contribution in [0.4, 0.5) is 8.78 Å². The molecule has 2 aromatic carbocycles. The van der Waals surface area contributed by atoms with Crippen LogP contribution >= 0.6 is 0 Å². The van der Waals surface area contributed by atoms with Crippen LogP contribution in [0.15, 0.2) is 60.8 Å². The molecule has 2 heterocycles. The van der Waals surface area contributed by atoms with Gasteiger partial charge in [0.05, 0.1) is 12.6 Å². The molecule has 1 aliphatic heterocycles. The molecule has 8 heteroatoms. The van der Waals surface area contributed by atoms with E-state index in [4.69, 9.17) is 4.74 Å². The van der Waals surface area contributed by atoms with Crippen molar-refractivity contribution in [1.29, 1.82) is 0 Å². The molecule has 1 amide bonds. The fourth-order valence-electron chi connectivity index (χ4n) is 4.39. The molecule has 1 N–H and O–H groups in total. The van der Waals surface area contributed by atoms with Gasteiger partial charge in [0.1, 0.15) is 23.3 Å². The van der Waals surface area contributed by atoms with Crippen molar-refractivity contribution in [2.24, 2.45) is 5.92 Å². The zero-order valence-electron chi connectivity index (χ0n) is 20.7. The molecule has 0 fully saturated rings. The molecule has 0 spiro atoms. The molecule has 6 nitrogen and oxygen atoms in total. The Morgan fingerprint density at radius 1 is 1.11 bits per heavy atom. The van der Waals surface area contributed by atoms with Gasteiger partial charge in [0.15, 0.2) is 0 Å². The van der Waals surface area contributed by atoms with Crippen LogP contribution in [0.2, 0.25) is 0 Å². The first-order chi connectivity index (χ1) is 17.2. The lowest BCUT2D eigenvalue weighted by molar-refractivity contribution is 0.0325. The number of likely N-dealkylation sites (N-methyl/N-ethyl adjacent to an activating group) is 1. The number of hydrogen-bond donors (Lipinski definition) is 1. The van der Waals surface area contributed by atoms with Gasteiger partial charge < -0.3 is 14.7 Å². The van der Waals surface area contributed by atoms with Crippen LogP contribution in [0.1, 0.15) is 29.8 Å². The number of rotatable bonds is 7. The molecule has 0 saturated carbocycles. The quantitative estimate of drug-likeness (QED) is 0.527. The number of nitrogens with zero attached hydrogens (tertiary/aromatic N) is 3. The molecule has 0 bridgehead atoms. The smallest absolute Gasteiger partial charge is 0.259 e. The summed E-state index contributed by atoms with van der Waals surface area (Å²) in [5.41, 5.74) is 2.67. The van der Waals surface area contributed by atoms with Crippen molar-refractivity contribution < 1.29 is 23.4 Å². The second-order valence-corrected chi connectivity index (χ2v) is 9.53. The number of aliphatic hydroxyl groups excluding tert-OH is 1. The van der Waals surface area contributed by atoms with Gasteiger partial charge in [-0.1, -0.05) is 31.2 Å². The van der Waals surface area contributed by atoms with Crippen LogP contribution in [0.5, 0.6) is 5.88 Å². The van der Waals surface area contributed by atoms with Crippen molar-refractivity contribution in [3.05, 3.63) is 83.6 Å². The Hall–Kier alpha value is -3.36. The third-order valence-corrected chi connectivity index (χ3v) is 6.56. The van der Waals surface area contributed by atoms with Gasteiger partial charge in [-0.25, -0.2) is 13.8 Å². The standard InChI is InChI=1S/C28H31F2N3O3/c1-18-14-33(19(2)17-34)28(35)25-12-22(21-6-10-24(30)11-7-21)13-31-27(25)36-26(18)16-32(3)15-20-4-8-23(29)9-5-20/h4-13,18-19,26,34H,14-17H2,1-3H3/t18-,19+,26-/m0/s1. The number of pyridine rings is 1. The van der Waals surface area contributed by atoms with E-state index in [1.54, 1.807) is 48.4 Å². The molecular formula is C28H31F2N3O3. The van der Waals surface area contributed by atoms with Gasteiger partial charge in [0.25, 0.3) is 5.91 Å². The molecular weight excluding hydrogens is 464 g/mol. The molecule has 0 radical (unpaired) electrons. The number of fused-ring (bicyclic) bond motifs is 1. The summed E-state index contributed by atoms with van der Waals surface area (Å²) in [6, 6.07) is 13.7. The maximum Gasteiger partial charge on any atom is 0.259 e. The zero-order chi connectivity index (χ0) is 25.8. The summed E-state index contributed by atoms with van der Waals surface area (Å²) in [7, 11) is 1.96. The van der Waals surface area contributed by atoms with E-state index in [0.29, 0.717) is 30.8 Å². The fourth-order valence-corrected chi connectivity index (χ4v) is 4.39. The Balaban J connectivity index is 1.64. The first-order valence-electron chi connectivity index (χ1n) is 12.0. The normalized spacial score (nSPS) is 18.9. The Morgan fingerprint density at radius 2 is 1.75 bits per heavy atom. The SMILES string of the molecule is C[C@H](CO)N1C[C@H](C)[C@H](CN(C)Cc2ccc(F)cc2)Oc2ncc(-c3ccc(F)cc3)cc2C1=O. The maximum atomic E-state index is 13.6. The van der Waals surface area contributed by atoms with Crippen molar-refractivity contribution in [2.75, 3.05) is 26.7 Å². The average Bonchev–Trinajstić information content (AvgIpc) is 2.87. The van der Waals surface area contributed by atoms with Crippen molar-refractivity contribution in [3.63, 3.8) is 0 Å². The molecule has 0 unspecified atom stereocenters. The molecule has 36 heavy (non-hydrogen) atoms. The predicted molar refractivity (Wildman–Crippen MR) is 134 cm³/mol. The predicted octanol–water partition coefficient (Wildman–Crippen LogP) is 4.38. The van der Waals surface area contributed by atoms with E-state index in [0.717, 1.165) is 11.1 Å². The van der Waals surface area contributed by atoms with Crippen LogP contribution in [0.25, 0.3) is 11.1 Å². The number of amides is 1. The lowest BCUT2D eigenvalue weighted by Gasteiger charge is -2.37. The third kappa shape index (κ3) is 5.88. The van der Waals surface area contributed by atoms with Crippen LogP contribution in [-0.4, -0.2) is 64.7 Å². The Labute approximate surface area is 210 Å². The van der Waals surface area contributed by atoms with Crippen LogP contribution in [-0.2, 0) is 6.54 Å². The van der Waals surface area contributed by atoms with Gasteiger partial charge in [0, 0.05) is 37.3 Å². The maximum absolute atomic E-state index is 13.6. The Morgan fingerprint density at radius 3 is 2.39 bits per heavy atom. The van der Waals surface area contributed by atoms with Crippen molar-refractivity contribution >= 4 is 5.91 Å². The van der Waals surface area contributed by atoms with Gasteiger partial charge in [-0.2, -0.15) is 0 Å². The van der Waals surface area contributed by atoms with Gasteiger partial charge in [-0.3, -0.25) is 9.69 Å². The summed E-state index contributed by atoms with van der Waals surface area (Å²) in [4.78, 5) is 21.8. The number of aromatic nitrogens is 1. The lowest BCUT2D eigenvalue weighted by Crippen LogP contribution is -2.49. The number of carbonyl (C=O) groups is 1. The summed E-state index contributed by atoms with van der Waals surface area (Å²) in [5.74, 6) is -0.711. The zero-order valence-corrected chi connectivity index (χ0v) is 20.7. The van der Waals surface area contributed by atoms with Crippen molar-refractivity contribution in [1.82, 2.24) is 14.8 Å². The van der Waals surface area contributed by atoms with Gasteiger partial charge in [-0.15, -0.1) is 0 Å². The van der Waals surface area contributed by atoms with E-state index in [1.165, 1.54) is 24.3 Å². The highest BCUT2D eigenvalue weighted by atomic mass is 19.1. The van der Waals surface area contributed by atoms with Crippen LogP contribution in [0.3, 0.4) is 0 Å². The highest BCUT2D eigenvalue weighted by molar-refractivity contribution is 5.98. The molecule has 3 aromatic rings. The minimum absolute atomic E-state index is 0.0506. The van der Waals surface area contributed by atoms with Gasteiger partial charge in [-0.05, 0) is 55.4 Å². The number of carbonyl (C=O) groups excluding carboxylic acids is 1. The molecule has 3 atom stereocenters. The molecule has 0 saturated heterocycles. The summed E-state index contributed by atoms with van der Waals surface area (Å²) < 4.78 is 33.0. The molecule has 1 aliphatic rings. The number of halogens is 2. The first kappa shape index (κ1) is 25.7.